The van der Waals surface area contributed by atoms with Crippen LogP contribution in [0.5, 0.6) is 0 Å². The van der Waals surface area contributed by atoms with E-state index in [4.69, 9.17) is 14.3 Å². The zero-order chi connectivity index (χ0) is 28.9. The number of pyridine rings is 1. The second-order valence-corrected chi connectivity index (χ2v) is 10.4. The van der Waals surface area contributed by atoms with E-state index in [-0.39, 0.29) is 22.3 Å². The van der Waals surface area contributed by atoms with Gasteiger partial charge in [-0.2, -0.15) is 10.5 Å². The predicted octanol–water partition coefficient (Wildman–Crippen LogP) is 6.22. The second-order valence-electron chi connectivity index (χ2n) is 10.0. The van der Waals surface area contributed by atoms with E-state index in [9.17, 15) is 11.9 Å². The third-order valence-corrected chi connectivity index (χ3v) is 6.13. The van der Waals surface area contributed by atoms with Crippen LogP contribution in [0.3, 0.4) is 0 Å². The molecule has 0 saturated heterocycles. The lowest BCUT2D eigenvalue weighted by Gasteiger charge is -2.22. The summed E-state index contributed by atoms with van der Waals surface area (Å²) in [5.74, 6) is 0. The molecule has 2 aromatic carbocycles. The van der Waals surface area contributed by atoms with Gasteiger partial charge in [0.2, 0.25) is 0 Å². The van der Waals surface area contributed by atoms with Gasteiger partial charge in [-0.15, -0.1) is 5.10 Å². The van der Waals surface area contributed by atoms with E-state index >= 15 is 0 Å². The van der Waals surface area contributed by atoms with Crippen molar-refractivity contribution in [3.05, 3.63) is 76.2 Å². The van der Waals surface area contributed by atoms with Gasteiger partial charge in [0.25, 0.3) is 0 Å². The summed E-state index contributed by atoms with van der Waals surface area (Å²) in [4.78, 5) is 4.36. The van der Waals surface area contributed by atoms with Crippen LogP contribution >= 0.6 is 11.6 Å². The van der Waals surface area contributed by atoms with E-state index in [0.29, 0.717) is 33.4 Å². The lowest BCUT2D eigenvalue weighted by molar-refractivity contribution is 0.443. The van der Waals surface area contributed by atoms with Gasteiger partial charge in [0.05, 0.1) is 53.1 Å². The van der Waals surface area contributed by atoms with Gasteiger partial charge in [-0.1, -0.05) is 49.7 Å². The van der Waals surface area contributed by atoms with E-state index in [1.807, 2.05) is 0 Å². The van der Waals surface area contributed by atoms with Gasteiger partial charge in [0.15, 0.2) is 0 Å². The monoisotopic (exact) mass is 513 g/mol. The normalized spacial score (nSPS) is 16.5. The topological polar surface area (TPSA) is 115 Å². The van der Waals surface area contributed by atoms with Gasteiger partial charge in [-0.3, -0.25) is 4.98 Å². The Morgan fingerprint density at radius 2 is 2.05 bits per heavy atom. The van der Waals surface area contributed by atoms with Crippen LogP contribution in [0.25, 0.3) is 10.9 Å². The maximum atomic E-state index is 9.83. The molecule has 0 bridgehead atoms. The molecule has 0 radical (unpaired) electrons. The van der Waals surface area contributed by atoms with Gasteiger partial charge in [0, 0.05) is 26.5 Å². The number of anilines is 2. The Bertz CT molecular complexity index is 1690. The minimum Gasteiger partial charge on any atom is -0.383 e. The van der Waals surface area contributed by atoms with Crippen molar-refractivity contribution in [2.75, 3.05) is 17.1 Å². The number of aromatic nitrogens is 4. The smallest absolute Gasteiger partial charge is 0.109 e. The molecule has 8 nitrogen and oxygen atoms in total. The Kier molecular flexibility index (Phi) is 5.52. The number of nitriles is 2. The first-order valence-corrected chi connectivity index (χ1v) is 12.3. The molecule has 186 valence electrons. The molecular formula is C28H27ClN8. The molecule has 4 aromatic rings. The van der Waals surface area contributed by atoms with Crippen LogP contribution in [-0.4, -0.2) is 26.5 Å². The molecule has 0 aliphatic heterocycles. The van der Waals surface area contributed by atoms with Crippen molar-refractivity contribution in [3.63, 3.8) is 0 Å². The molecule has 2 N–H and O–H groups in total. The molecule has 2 aromatic heterocycles. The van der Waals surface area contributed by atoms with E-state index < -0.39 is 17.9 Å². The second kappa shape index (κ2) is 9.72. The molecule has 9 heteroatoms. The first kappa shape index (κ1) is 21.0. The highest BCUT2D eigenvalue weighted by atomic mass is 35.5. The van der Waals surface area contributed by atoms with Crippen molar-refractivity contribution in [3.8, 4) is 12.1 Å². The quantitative estimate of drug-likeness (QED) is 0.301. The van der Waals surface area contributed by atoms with Crippen molar-refractivity contribution in [2.24, 2.45) is 5.41 Å². The van der Waals surface area contributed by atoms with E-state index in [1.54, 1.807) is 68.0 Å². The van der Waals surface area contributed by atoms with Crippen molar-refractivity contribution >= 4 is 33.9 Å². The summed E-state index contributed by atoms with van der Waals surface area (Å²) < 4.78 is 28.6. The molecule has 2 heterocycles. The average Bonchev–Trinajstić information content (AvgIpc) is 3.63. The van der Waals surface area contributed by atoms with Crippen molar-refractivity contribution in [1.82, 2.24) is 20.0 Å². The SMILES string of the molecule is [2H]C(Nc1cc(Cl)c2ncc(C#N)c(NC([2H])([2H])C(C)(C)C)c2c1)(c1cccc(C#N)c1)c1cn(C2CC2)nn1. The number of benzene rings is 2. The van der Waals surface area contributed by atoms with Crippen molar-refractivity contribution < 1.29 is 4.11 Å². The number of halogens is 1. The van der Waals surface area contributed by atoms with Crippen LogP contribution in [0.1, 0.15) is 72.2 Å². The summed E-state index contributed by atoms with van der Waals surface area (Å²) in [5.41, 5.74) is 1.58. The highest BCUT2D eigenvalue weighted by Crippen LogP contribution is 2.37. The van der Waals surface area contributed by atoms with Crippen LogP contribution in [0.2, 0.25) is 5.02 Å². The fraction of sp³-hybridized carbons (Fsp3) is 0.321. The molecule has 37 heavy (non-hydrogen) atoms. The number of hydrogen-bond acceptors (Lipinski definition) is 7. The molecule has 0 spiro atoms. The zero-order valence-corrected chi connectivity index (χ0v) is 21.4. The highest BCUT2D eigenvalue weighted by Gasteiger charge is 2.27. The third-order valence-electron chi connectivity index (χ3n) is 5.84. The van der Waals surface area contributed by atoms with Crippen LogP contribution in [0, 0.1) is 28.1 Å². The predicted molar refractivity (Wildman–Crippen MR) is 144 cm³/mol. The summed E-state index contributed by atoms with van der Waals surface area (Å²) in [6.45, 7) is 3.39. The molecule has 1 aliphatic carbocycles. The third kappa shape index (κ3) is 5.35. The number of fused-ring (bicyclic) bond motifs is 1. The fourth-order valence-corrected chi connectivity index (χ4v) is 4.15. The Balaban J connectivity index is 1.67. The van der Waals surface area contributed by atoms with Gasteiger partial charge in [0.1, 0.15) is 11.8 Å². The summed E-state index contributed by atoms with van der Waals surface area (Å²) in [6.07, 6.45) is 5.09. The number of hydrogen-bond donors (Lipinski definition) is 2. The molecule has 1 unspecified atom stereocenters. The van der Waals surface area contributed by atoms with Gasteiger partial charge >= 0.3 is 0 Å². The van der Waals surface area contributed by atoms with Crippen LogP contribution in [0.15, 0.2) is 48.8 Å². The Morgan fingerprint density at radius 3 is 2.76 bits per heavy atom. The minimum absolute atomic E-state index is 0.153. The highest BCUT2D eigenvalue weighted by molar-refractivity contribution is 6.35. The Morgan fingerprint density at radius 1 is 1.24 bits per heavy atom. The zero-order valence-electron chi connectivity index (χ0n) is 23.7. The lowest BCUT2D eigenvalue weighted by atomic mass is 9.96. The Hall–Kier alpha value is -4.14. The molecule has 5 rings (SSSR count). The fourth-order valence-electron chi connectivity index (χ4n) is 3.88. The van der Waals surface area contributed by atoms with Gasteiger partial charge < -0.3 is 10.6 Å². The Labute approximate surface area is 225 Å². The number of rotatable bonds is 7. The van der Waals surface area contributed by atoms with Crippen LogP contribution in [0.4, 0.5) is 11.4 Å². The van der Waals surface area contributed by atoms with Crippen molar-refractivity contribution in [1.29, 1.82) is 10.5 Å². The molecule has 0 amide bonds. The summed E-state index contributed by atoms with van der Waals surface area (Å²) in [7, 11) is 0. The molecule has 1 saturated carbocycles. The minimum atomic E-state index is -1.89. The summed E-state index contributed by atoms with van der Waals surface area (Å²) in [5, 5.41) is 34.7. The average molecular weight is 514 g/mol. The standard InChI is InChI=1S/C28H27ClN8/c1-28(2,3)16-33-25-19(13-31)14-32-27-22(25)10-20(11-23(27)29)34-26(18-6-4-5-17(9-18)12-30)24-15-37(36-35-24)21-7-8-21/h4-6,9-11,14-15,21,26,34H,7-8,16H2,1-3H3,(H,32,33)/i16D2,26D. The van der Waals surface area contributed by atoms with Gasteiger partial charge in [-0.25, -0.2) is 4.68 Å². The number of nitrogens with one attached hydrogen (secondary N) is 2. The summed E-state index contributed by atoms with van der Waals surface area (Å²) in [6, 6.07) is 12.8. The van der Waals surface area contributed by atoms with Crippen LogP contribution in [-0.2, 0) is 0 Å². The van der Waals surface area contributed by atoms with Crippen LogP contribution < -0.4 is 10.6 Å². The van der Waals surface area contributed by atoms with E-state index in [2.05, 4.69) is 38.1 Å². The molecule has 1 fully saturated rings. The first-order valence-electron chi connectivity index (χ1n) is 13.4. The first-order chi connectivity index (χ1) is 18.9. The van der Waals surface area contributed by atoms with Crippen molar-refractivity contribution in [2.45, 2.75) is 45.7 Å². The lowest BCUT2D eigenvalue weighted by Crippen LogP contribution is -2.20. The largest absolute Gasteiger partial charge is 0.383 e. The summed E-state index contributed by atoms with van der Waals surface area (Å²) >= 11 is 6.67. The van der Waals surface area contributed by atoms with E-state index in [0.717, 1.165) is 12.8 Å². The molecule has 1 atom stereocenters. The maximum Gasteiger partial charge on any atom is 0.109 e. The molecule has 1 aliphatic rings. The number of nitrogens with zero attached hydrogens (tertiary/aromatic N) is 6. The van der Waals surface area contributed by atoms with Gasteiger partial charge in [-0.05, 0) is 48.1 Å². The maximum absolute atomic E-state index is 9.83. The molecular weight excluding hydrogens is 484 g/mol. The van der Waals surface area contributed by atoms with E-state index in [1.165, 1.54) is 6.20 Å².